The van der Waals surface area contributed by atoms with Gasteiger partial charge in [-0.2, -0.15) is 0 Å². The molecule has 2 aromatic heterocycles. The molecule has 3 heterocycles. The maximum atomic E-state index is 12.0. The number of hydrogen-bond acceptors (Lipinski definition) is 8. The first-order chi connectivity index (χ1) is 9.93. The number of aliphatic hydroxyl groups is 3. The van der Waals surface area contributed by atoms with E-state index in [1.54, 1.807) is 0 Å². The number of aliphatic hydroxyl groups excluding tert-OH is 3. The van der Waals surface area contributed by atoms with Gasteiger partial charge in [-0.3, -0.25) is 24.1 Å². The van der Waals surface area contributed by atoms with Crippen molar-refractivity contribution in [3.8, 4) is 0 Å². The fourth-order valence-corrected chi connectivity index (χ4v) is 3.14. The summed E-state index contributed by atoms with van der Waals surface area (Å²) in [6.45, 7) is -0.553. The molecule has 11 heteroatoms. The van der Waals surface area contributed by atoms with Crippen LogP contribution >= 0.6 is 11.3 Å². The second-order valence-corrected chi connectivity index (χ2v) is 5.51. The van der Waals surface area contributed by atoms with Crippen LogP contribution in [0.4, 0.5) is 0 Å². The zero-order chi connectivity index (χ0) is 15.3. The highest BCUT2D eigenvalue weighted by Crippen LogP contribution is 2.30. The van der Waals surface area contributed by atoms with E-state index in [0.717, 1.165) is 4.57 Å². The van der Waals surface area contributed by atoms with Crippen molar-refractivity contribution >= 4 is 21.7 Å². The van der Waals surface area contributed by atoms with Crippen molar-refractivity contribution in [2.24, 2.45) is 0 Å². The molecule has 21 heavy (non-hydrogen) atoms. The van der Waals surface area contributed by atoms with Crippen molar-refractivity contribution < 1.29 is 20.1 Å². The van der Waals surface area contributed by atoms with Crippen LogP contribution in [0.3, 0.4) is 0 Å². The van der Waals surface area contributed by atoms with Crippen molar-refractivity contribution in [1.82, 2.24) is 14.5 Å². The van der Waals surface area contributed by atoms with E-state index >= 15 is 0 Å². The maximum absolute atomic E-state index is 12.0. The van der Waals surface area contributed by atoms with E-state index in [1.807, 2.05) is 4.98 Å². The largest absolute Gasteiger partial charge is 0.394 e. The SMILES string of the molecule is O=c1[nH]c(=O)c2sc(=O)n(C3O[C@H](CO)[C@@H](O)[C@H]3O)c2[nH]1. The Morgan fingerprint density at radius 2 is 1.90 bits per heavy atom. The lowest BCUT2D eigenvalue weighted by Crippen LogP contribution is -2.34. The summed E-state index contributed by atoms with van der Waals surface area (Å²) in [5.41, 5.74) is -1.65. The third-order valence-electron chi connectivity index (χ3n) is 3.28. The predicted molar refractivity (Wildman–Crippen MR) is 70.3 cm³/mol. The van der Waals surface area contributed by atoms with Crippen LogP contribution in [-0.4, -0.2) is 54.8 Å². The van der Waals surface area contributed by atoms with E-state index in [1.165, 1.54) is 0 Å². The molecule has 0 bridgehead atoms. The average Bonchev–Trinajstić information content (AvgIpc) is 2.89. The van der Waals surface area contributed by atoms with Gasteiger partial charge in [0.2, 0.25) is 0 Å². The zero-order valence-electron chi connectivity index (χ0n) is 10.3. The van der Waals surface area contributed by atoms with Crippen LogP contribution in [0.2, 0.25) is 0 Å². The molecule has 4 atom stereocenters. The van der Waals surface area contributed by atoms with Crippen molar-refractivity contribution in [1.29, 1.82) is 0 Å². The van der Waals surface area contributed by atoms with Crippen LogP contribution in [0.15, 0.2) is 14.4 Å². The Kier molecular flexibility index (Phi) is 3.30. The molecule has 1 aliphatic rings. The van der Waals surface area contributed by atoms with Gasteiger partial charge in [0.1, 0.15) is 28.7 Å². The number of hydrogen-bond donors (Lipinski definition) is 5. The third kappa shape index (κ3) is 2.06. The van der Waals surface area contributed by atoms with Gasteiger partial charge in [-0.05, 0) is 0 Å². The van der Waals surface area contributed by atoms with Crippen LogP contribution in [-0.2, 0) is 4.74 Å². The smallest absolute Gasteiger partial charge is 0.327 e. The molecule has 0 radical (unpaired) electrons. The fraction of sp³-hybridized carbons (Fsp3) is 0.500. The van der Waals surface area contributed by atoms with Crippen LogP contribution < -0.4 is 16.1 Å². The van der Waals surface area contributed by atoms with Gasteiger partial charge in [-0.15, -0.1) is 0 Å². The molecular weight excluding hydrogens is 306 g/mol. The highest BCUT2D eigenvalue weighted by molar-refractivity contribution is 7.16. The highest BCUT2D eigenvalue weighted by atomic mass is 32.1. The molecule has 0 amide bonds. The molecule has 1 fully saturated rings. The molecule has 10 nitrogen and oxygen atoms in total. The minimum atomic E-state index is -1.49. The molecule has 0 aliphatic carbocycles. The van der Waals surface area contributed by atoms with Gasteiger partial charge in [0.05, 0.1) is 6.61 Å². The highest BCUT2D eigenvalue weighted by Gasteiger charge is 2.44. The Bertz CT molecular complexity index is 849. The van der Waals surface area contributed by atoms with Gasteiger partial charge < -0.3 is 20.1 Å². The Morgan fingerprint density at radius 1 is 1.19 bits per heavy atom. The first kappa shape index (κ1) is 14.2. The monoisotopic (exact) mass is 317 g/mol. The lowest BCUT2D eigenvalue weighted by molar-refractivity contribution is -0.0518. The first-order valence-corrected chi connectivity index (χ1v) is 6.75. The van der Waals surface area contributed by atoms with Crippen molar-refractivity contribution in [3.63, 3.8) is 0 Å². The maximum Gasteiger partial charge on any atom is 0.327 e. The zero-order valence-corrected chi connectivity index (χ0v) is 11.2. The van der Waals surface area contributed by atoms with Crippen LogP contribution in [0, 0.1) is 0 Å². The number of aromatic nitrogens is 3. The van der Waals surface area contributed by atoms with Crippen LogP contribution in [0.25, 0.3) is 10.3 Å². The minimum absolute atomic E-state index is 0.0302. The van der Waals surface area contributed by atoms with Gasteiger partial charge in [0, 0.05) is 0 Å². The molecule has 114 valence electrons. The van der Waals surface area contributed by atoms with Crippen molar-refractivity contribution in [2.75, 3.05) is 6.61 Å². The molecule has 0 spiro atoms. The summed E-state index contributed by atoms with van der Waals surface area (Å²) >= 11 is 0.571. The molecule has 3 rings (SSSR count). The number of thiazole rings is 1. The van der Waals surface area contributed by atoms with E-state index in [4.69, 9.17) is 9.84 Å². The molecule has 5 N–H and O–H groups in total. The lowest BCUT2D eigenvalue weighted by atomic mass is 10.1. The quantitative estimate of drug-likeness (QED) is 0.396. The second-order valence-electron chi connectivity index (χ2n) is 4.55. The van der Waals surface area contributed by atoms with Crippen molar-refractivity contribution in [2.45, 2.75) is 24.5 Å². The van der Waals surface area contributed by atoms with E-state index in [-0.39, 0.29) is 10.3 Å². The molecule has 1 aliphatic heterocycles. The van der Waals surface area contributed by atoms with Gasteiger partial charge in [0.15, 0.2) is 6.23 Å². The Balaban J connectivity index is 2.22. The summed E-state index contributed by atoms with van der Waals surface area (Å²) in [6, 6.07) is 0. The summed E-state index contributed by atoms with van der Waals surface area (Å²) in [7, 11) is 0. The average molecular weight is 317 g/mol. The van der Waals surface area contributed by atoms with Crippen LogP contribution in [0.5, 0.6) is 0 Å². The molecule has 1 unspecified atom stereocenters. The second kappa shape index (κ2) is 4.89. The normalized spacial score (nSPS) is 29.3. The van der Waals surface area contributed by atoms with Crippen molar-refractivity contribution in [3.05, 3.63) is 30.5 Å². The van der Waals surface area contributed by atoms with Gasteiger partial charge >= 0.3 is 10.6 Å². The summed E-state index contributed by atoms with van der Waals surface area (Å²) in [5, 5.41) is 28.7. The standard InChI is InChI=1S/C10H11N3O7S/c14-1-2-3(15)4(16)8(20-2)13-6-5(21-10(13)19)7(17)12-9(18)11-6/h2-4,8,14-16H,1H2,(H2,11,12,17,18)/t2-,3-,4-,8?/m1/s1. The van der Waals surface area contributed by atoms with Gasteiger partial charge in [-0.1, -0.05) is 11.3 Å². The number of H-pyrrole nitrogens is 2. The Labute approximate surface area is 118 Å². The molecule has 1 saturated heterocycles. The Hall–Kier alpha value is -1.79. The topological polar surface area (TPSA) is 158 Å². The molecule has 0 aromatic carbocycles. The number of nitrogens with zero attached hydrogens (tertiary/aromatic N) is 1. The van der Waals surface area contributed by atoms with Crippen LogP contribution in [0.1, 0.15) is 6.23 Å². The number of fused-ring (bicyclic) bond motifs is 1. The summed E-state index contributed by atoms with van der Waals surface area (Å²) in [5.74, 6) is 0. The lowest BCUT2D eigenvalue weighted by Gasteiger charge is -2.15. The van der Waals surface area contributed by atoms with E-state index in [2.05, 4.69) is 4.98 Å². The molecule has 0 saturated carbocycles. The molecule has 2 aromatic rings. The third-order valence-corrected chi connectivity index (χ3v) is 4.23. The number of aromatic amines is 2. The van der Waals surface area contributed by atoms with E-state index in [0.29, 0.717) is 11.3 Å². The predicted octanol–water partition coefficient (Wildman–Crippen LogP) is -2.95. The first-order valence-electron chi connectivity index (χ1n) is 5.94. The van der Waals surface area contributed by atoms with Gasteiger partial charge in [0.25, 0.3) is 5.56 Å². The summed E-state index contributed by atoms with van der Waals surface area (Å²) in [6.07, 6.45) is -5.26. The number of nitrogens with one attached hydrogen (secondary N) is 2. The summed E-state index contributed by atoms with van der Waals surface area (Å²) in [4.78, 5) is 38.6. The number of rotatable bonds is 2. The fourth-order valence-electron chi connectivity index (χ4n) is 2.28. The van der Waals surface area contributed by atoms with E-state index < -0.39 is 47.3 Å². The number of ether oxygens (including phenoxy) is 1. The van der Waals surface area contributed by atoms with Gasteiger partial charge in [-0.25, -0.2) is 4.79 Å². The minimum Gasteiger partial charge on any atom is -0.394 e. The molecular formula is C10H11N3O7S. The summed E-state index contributed by atoms with van der Waals surface area (Å²) < 4.78 is 6.09. The van der Waals surface area contributed by atoms with E-state index in [9.17, 15) is 24.6 Å². The Morgan fingerprint density at radius 3 is 2.52 bits per heavy atom.